The third-order valence-electron chi connectivity index (χ3n) is 6.79. The number of piperidine rings is 1. The van der Waals surface area contributed by atoms with Crippen molar-refractivity contribution in [2.75, 3.05) is 18.0 Å². The van der Waals surface area contributed by atoms with Gasteiger partial charge in [0.25, 0.3) is 0 Å². The van der Waals surface area contributed by atoms with Gasteiger partial charge >= 0.3 is 6.09 Å². The Morgan fingerprint density at radius 1 is 0.935 bits per heavy atom. The molecule has 0 N–H and O–H groups in total. The minimum Gasteiger partial charge on any atom is -0.444 e. The third kappa shape index (κ3) is 3.64. The lowest BCUT2D eigenvalue weighted by Gasteiger charge is -2.40. The first-order chi connectivity index (χ1) is 14.6. The number of hydrogen-bond acceptors (Lipinski definition) is 4. The van der Waals surface area contributed by atoms with Crippen LogP contribution in [0.3, 0.4) is 0 Å². The minimum absolute atomic E-state index is 0.0828. The van der Waals surface area contributed by atoms with E-state index in [0.717, 1.165) is 39.1 Å². The molecule has 1 saturated heterocycles. The van der Waals surface area contributed by atoms with Gasteiger partial charge in [0.15, 0.2) is 0 Å². The summed E-state index contributed by atoms with van der Waals surface area (Å²) in [5.74, 6) is 0. The van der Waals surface area contributed by atoms with Crippen molar-refractivity contribution in [1.29, 1.82) is 0 Å². The molecule has 2 aromatic rings. The number of nitrogens with zero attached hydrogens (tertiary/aromatic N) is 2. The molecule has 2 aliphatic rings. The van der Waals surface area contributed by atoms with Gasteiger partial charge in [-0.3, -0.25) is 4.90 Å². The standard InChI is InChI=1S/C24H30N2O4S/c1-15-7-6-8-20-14-30-24(27)26(22(15)20)21-9-11-25(12-10-21)31(28,29)23-18(4)16(2)13-17(3)19(23)5/h6-8,13,21H,9-12,14H2,1-5H3. The number of sulfonamides is 1. The summed E-state index contributed by atoms with van der Waals surface area (Å²) in [6.07, 6.45) is 0.805. The monoisotopic (exact) mass is 442 g/mol. The molecular formula is C24H30N2O4S. The highest BCUT2D eigenvalue weighted by Gasteiger charge is 2.38. The molecule has 0 unspecified atom stereocenters. The smallest absolute Gasteiger partial charge is 0.414 e. The molecule has 2 heterocycles. The summed E-state index contributed by atoms with van der Waals surface area (Å²) in [7, 11) is -3.61. The van der Waals surface area contributed by atoms with Gasteiger partial charge in [0.05, 0.1) is 10.6 Å². The first-order valence-electron chi connectivity index (χ1n) is 10.7. The maximum atomic E-state index is 13.6. The SMILES string of the molecule is Cc1cc(C)c(C)c(S(=O)(=O)N2CCC(N3C(=O)OCc4cccc(C)c43)CC2)c1C. The Kier molecular flexibility index (Phi) is 5.60. The highest BCUT2D eigenvalue weighted by molar-refractivity contribution is 7.89. The Morgan fingerprint density at radius 2 is 1.55 bits per heavy atom. The first kappa shape index (κ1) is 21.8. The van der Waals surface area contributed by atoms with Crippen LogP contribution in [0.2, 0.25) is 0 Å². The molecule has 1 fully saturated rings. The predicted molar refractivity (Wildman–Crippen MR) is 121 cm³/mol. The number of para-hydroxylation sites is 1. The summed E-state index contributed by atoms with van der Waals surface area (Å²) in [6, 6.07) is 7.90. The van der Waals surface area contributed by atoms with Crippen molar-refractivity contribution in [1.82, 2.24) is 4.31 Å². The predicted octanol–water partition coefficient (Wildman–Crippen LogP) is 4.54. The summed E-state index contributed by atoms with van der Waals surface area (Å²) < 4.78 is 34.1. The van der Waals surface area contributed by atoms with Crippen molar-refractivity contribution in [3.63, 3.8) is 0 Å². The average Bonchev–Trinajstić information content (AvgIpc) is 2.73. The Labute approximate surface area is 184 Å². The summed E-state index contributed by atoms with van der Waals surface area (Å²) in [5, 5.41) is 0. The second-order valence-electron chi connectivity index (χ2n) is 8.73. The fourth-order valence-corrected chi connectivity index (χ4v) is 6.90. The van der Waals surface area contributed by atoms with Crippen molar-refractivity contribution >= 4 is 21.8 Å². The van der Waals surface area contributed by atoms with E-state index in [-0.39, 0.29) is 18.7 Å². The van der Waals surface area contributed by atoms with Gasteiger partial charge in [-0.2, -0.15) is 4.31 Å². The second kappa shape index (κ2) is 7.95. The maximum Gasteiger partial charge on any atom is 0.414 e. The highest BCUT2D eigenvalue weighted by Crippen LogP contribution is 2.36. The molecule has 1 amide bonds. The normalized spacial score (nSPS) is 18.1. The van der Waals surface area contributed by atoms with Crippen molar-refractivity contribution in [2.24, 2.45) is 0 Å². The molecular weight excluding hydrogens is 412 g/mol. The molecule has 0 radical (unpaired) electrons. The van der Waals surface area contributed by atoms with E-state index in [0.29, 0.717) is 30.8 Å². The summed E-state index contributed by atoms with van der Waals surface area (Å²) in [4.78, 5) is 14.8. The minimum atomic E-state index is -3.61. The van der Waals surface area contributed by atoms with E-state index in [9.17, 15) is 13.2 Å². The fraction of sp³-hybridized carbons (Fsp3) is 0.458. The van der Waals surface area contributed by atoms with Gasteiger partial charge in [-0.15, -0.1) is 0 Å². The number of carbonyl (C=O) groups is 1. The molecule has 0 aromatic heterocycles. The van der Waals surface area contributed by atoms with Crippen molar-refractivity contribution in [2.45, 2.75) is 65.0 Å². The number of amides is 1. The quantitative estimate of drug-likeness (QED) is 0.700. The largest absolute Gasteiger partial charge is 0.444 e. The lowest BCUT2D eigenvalue weighted by molar-refractivity contribution is 0.135. The van der Waals surface area contributed by atoms with Gasteiger partial charge in [-0.1, -0.05) is 24.3 Å². The van der Waals surface area contributed by atoms with E-state index >= 15 is 0 Å². The lowest BCUT2D eigenvalue weighted by Crippen LogP contribution is -2.50. The van der Waals surface area contributed by atoms with E-state index in [4.69, 9.17) is 4.74 Å². The molecule has 6 nitrogen and oxygen atoms in total. The second-order valence-corrected chi connectivity index (χ2v) is 10.6. The van der Waals surface area contributed by atoms with Gasteiger partial charge in [0, 0.05) is 24.7 Å². The first-order valence-corrected chi connectivity index (χ1v) is 12.2. The number of aryl methyl sites for hydroxylation is 3. The van der Waals surface area contributed by atoms with Crippen LogP contribution >= 0.6 is 0 Å². The molecule has 0 aliphatic carbocycles. The summed E-state index contributed by atoms with van der Waals surface area (Å²) in [5.41, 5.74) is 6.55. The molecule has 0 spiro atoms. The van der Waals surface area contributed by atoms with Gasteiger partial charge in [-0.25, -0.2) is 13.2 Å². The molecule has 0 atom stereocenters. The van der Waals surface area contributed by atoms with E-state index in [2.05, 4.69) is 0 Å². The number of carbonyl (C=O) groups excluding carboxylic acids is 1. The fourth-order valence-electron chi connectivity index (χ4n) is 4.85. The zero-order chi connectivity index (χ0) is 22.5. The van der Waals surface area contributed by atoms with Crippen LogP contribution in [0.15, 0.2) is 29.2 Å². The third-order valence-corrected chi connectivity index (χ3v) is 8.97. The number of ether oxygens (including phenoxy) is 1. The topological polar surface area (TPSA) is 66.9 Å². The number of fused-ring (bicyclic) bond motifs is 1. The van der Waals surface area contributed by atoms with Crippen LogP contribution < -0.4 is 4.90 Å². The van der Waals surface area contributed by atoms with Crippen LogP contribution in [0.1, 0.15) is 46.2 Å². The molecule has 0 saturated carbocycles. The van der Waals surface area contributed by atoms with Crippen LogP contribution in [0.25, 0.3) is 0 Å². The number of hydrogen-bond donors (Lipinski definition) is 0. The number of benzene rings is 2. The molecule has 166 valence electrons. The van der Waals surface area contributed by atoms with Gasteiger partial charge < -0.3 is 4.74 Å². The van der Waals surface area contributed by atoms with E-state index in [1.54, 1.807) is 9.21 Å². The molecule has 4 rings (SSSR count). The molecule has 0 bridgehead atoms. The zero-order valence-corrected chi connectivity index (χ0v) is 19.7. The van der Waals surface area contributed by atoms with Crippen molar-refractivity contribution in [3.05, 3.63) is 57.6 Å². The average molecular weight is 443 g/mol. The Balaban J connectivity index is 1.60. The molecule has 31 heavy (non-hydrogen) atoms. The van der Waals surface area contributed by atoms with E-state index in [1.807, 2.05) is 58.9 Å². The Hall–Kier alpha value is -2.38. The van der Waals surface area contributed by atoms with Crippen LogP contribution in [0.5, 0.6) is 0 Å². The number of anilines is 1. The maximum absolute atomic E-state index is 13.6. The van der Waals surface area contributed by atoms with Crippen LogP contribution in [0, 0.1) is 34.6 Å². The highest BCUT2D eigenvalue weighted by atomic mass is 32.2. The van der Waals surface area contributed by atoms with Gasteiger partial charge in [0.1, 0.15) is 6.61 Å². The van der Waals surface area contributed by atoms with Crippen LogP contribution in [-0.2, 0) is 21.4 Å². The zero-order valence-electron chi connectivity index (χ0n) is 18.9. The van der Waals surface area contributed by atoms with Gasteiger partial charge in [-0.05, 0) is 75.3 Å². The summed E-state index contributed by atoms with van der Waals surface area (Å²) in [6.45, 7) is 10.7. The number of cyclic esters (lactones) is 1. The van der Waals surface area contributed by atoms with E-state index in [1.165, 1.54) is 0 Å². The Morgan fingerprint density at radius 3 is 2.16 bits per heavy atom. The van der Waals surface area contributed by atoms with Gasteiger partial charge in [0.2, 0.25) is 10.0 Å². The van der Waals surface area contributed by atoms with Crippen molar-refractivity contribution < 1.29 is 17.9 Å². The Bertz CT molecular complexity index is 1120. The molecule has 7 heteroatoms. The molecule has 2 aliphatic heterocycles. The van der Waals surface area contributed by atoms with Crippen molar-refractivity contribution in [3.8, 4) is 0 Å². The van der Waals surface area contributed by atoms with Crippen LogP contribution in [0.4, 0.5) is 10.5 Å². The van der Waals surface area contributed by atoms with Crippen LogP contribution in [-0.4, -0.2) is 37.9 Å². The lowest BCUT2D eigenvalue weighted by atomic mass is 10.00. The van der Waals surface area contributed by atoms with E-state index < -0.39 is 10.0 Å². The number of rotatable bonds is 3. The summed E-state index contributed by atoms with van der Waals surface area (Å²) >= 11 is 0. The molecule has 2 aromatic carbocycles.